The lowest BCUT2D eigenvalue weighted by atomic mass is 10.1. The van der Waals surface area contributed by atoms with Gasteiger partial charge >= 0.3 is 0 Å². The average Bonchev–Trinajstić information content (AvgIpc) is 3.31. The van der Waals surface area contributed by atoms with Crippen molar-refractivity contribution in [1.29, 1.82) is 0 Å². The lowest BCUT2D eigenvalue weighted by Gasteiger charge is -2.16. The first-order chi connectivity index (χ1) is 13.7. The number of fused-ring (bicyclic) bond motifs is 4. The van der Waals surface area contributed by atoms with Crippen LogP contribution in [0.5, 0.6) is 0 Å². The maximum atomic E-state index is 13.3. The van der Waals surface area contributed by atoms with Gasteiger partial charge < -0.3 is 4.90 Å². The van der Waals surface area contributed by atoms with E-state index >= 15 is 0 Å². The molecule has 0 spiro atoms. The molecule has 0 unspecified atom stereocenters. The summed E-state index contributed by atoms with van der Waals surface area (Å²) in [5.74, 6) is -0.0804. The van der Waals surface area contributed by atoms with E-state index < -0.39 is 0 Å². The van der Waals surface area contributed by atoms with Crippen LogP contribution in [-0.4, -0.2) is 21.8 Å². The minimum Gasteiger partial charge on any atom is -0.308 e. The van der Waals surface area contributed by atoms with Crippen molar-refractivity contribution in [2.75, 3.05) is 11.4 Å². The molecule has 5 nitrogen and oxygen atoms in total. The summed E-state index contributed by atoms with van der Waals surface area (Å²) >= 11 is 1.30. The van der Waals surface area contributed by atoms with E-state index in [0.29, 0.717) is 21.6 Å². The quantitative estimate of drug-likeness (QED) is 0.503. The number of aromatic nitrogens is 2. The number of nitrogens with zero attached hydrogens (tertiary/aromatic N) is 3. The summed E-state index contributed by atoms with van der Waals surface area (Å²) in [6, 6.07) is 15.3. The van der Waals surface area contributed by atoms with Gasteiger partial charge in [0.2, 0.25) is 0 Å². The maximum absolute atomic E-state index is 13.3. The number of carbonyl (C=O) groups excluding carboxylic acids is 1. The molecule has 0 radical (unpaired) electrons. The highest BCUT2D eigenvalue weighted by molar-refractivity contribution is 7.15. The number of imidazole rings is 1. The molecule has 2 aromatic carbocycles. The second kappa shape index (κ2) is 6.56. The molecule has 6 heteroatoms. The maximum Gasteiger partial charge on any atom is 0.275 e. The Bertz CT molecular complexity index is 1340. The number of hydrogen-bond acceptors (Lipinski definition) is 4. The van der Waals surface area contributed by atoms with Crippen molar-refractivity contribution in [1.82, 2.24) is 9.38 Å². The van der Waals surface area contributed by atoms with E-state index in [9.17, 15) is 9.59 Å². The standard InChI is InChI=1S/C22H19N3O2S/c1-2-3-8-13-24-16-11-6-4-9-14(16)18(20(24)26)19-21(27)25-17-12-7-5-10-15(17)23-22(25)28-19/h4-7,9-12H,2-3,8,13H2,1H3/b19-18+. The molecule has 1 aliphatic rings. The fourth-order valence-corrected chi connectivity index (χ4v) is 4.98. The molecule has 2 aromatic heterocycles. The molecule has 5 rings (SSSR count). The van der Waals surface area contributed by atoms with E-state index in [1.54, 1.807) is 4.40 Å². The molecule has 3 heterocycles. The van der Waals surface area contributed by atoms with E-state index in [0.717, 1.165) is 41.5 Å². The highest BCUT2D eigenvalue weighted by atomic mass is 32.1. The molecular weight excluding hydrogens is 370 g/mol. The van der Waals surface area contributed by atoms with Crippen molar-refractivity contribution in [3.8, 4) is 0 Å². The highest BCUT2D eigenvalue weighted by Crippen LogP contribution is 2.35. The molecule has 0 aliphatic carbocycles. The lowest BCUT2D eigenvalue weighted by Crippen LogP contribution is -2.32. The van der Waals surface area contributed by atoms with E-state index in [4.69, 9.17) is 0 Å². The third-order valence-corrected chi connectivity index (χ3v) is 6.30. The summed E-state index contributed by atoms with van der Waals surface area (Å²) in [6.45, 7) is 2.82. The van der Waals surface area contributed by atoms with Crippen molar-refractivity contribution >= 4 is 44.5 Å². The molecule has 140 valence electrons. The molecule has 0 atom stereocenters. The normalized spacial score (nSPS) is 15.8. The predicted molar refractivity (Wildman–Crippen MR) is 113 cm³/mol. The molecule has 0 N–H and O–H groups in total. The van der Waals surface area contributed by atoms with Crippen molar-refractivity contribution in [3.05, 3.63) is 69.0 Å². The Hall–Kier alpha value is -2.99. The number of benzene rings is 2. The fourth-order valence-electron chi connectivity index (χ4n) is 3.90. The van der Waals surface area contributed by atoms with Gasteiger partial charge in [-0.1, -0.05) is 61.4 Å². The van der Waals surface area contributed by atoms with Gasteiger partial charge in [0.25, 0.3) is 11.5 Å². The van der Waals surface area contributed by atoms with E-state index in [-0.39, 0.29) is 11.5 Å². The monoisotopic (exact) mass is 389 g/mol. The lowest BCUT2D eigenvalue weighted by molar-refractivity contribution is -0.113. The van der Waals surface area contributed by atoms with Crippen LogP contribution in [0, 0.1) is 0 Å². The third kappa shape index (κ3) is 2.41. The van der Waals surface area contributed by atoms with Crippen LogP contribution in [0.25, 0.3) is 21.6 Å². The van der Waals surface area contributed by atoms with Gasteiger partial charge in [0, 0.05) is 12.1 Å². The highest BCUT2D eigenvalue weighted by Gasteiger charge is 2.33. The molecule has 0 saturated carbocycles. The topological polar surface area (TPSA) is 54.7 Å². The number of thiazole rings is 1. The van der Waals surface area contributed by atoms with Gasteiger partial charge in [0.1, 0.15) is 4.53 Å². The van der Waals surface area contributed by atoms with E-state index in [1.165, 1.54) is 11.3 Å². The van der Waals surface area contributed by atoms with Crippen LogP contribution in [0.4, 0.5) is 5.69 Å². The Morgan fingerprint density at radius 1 is 1.00 bits per heavy atom. The second-order valence-corrected chi connectivity index (χ2v) is 7.99. The van der Waals surface area contributed by atoms with Crippen LogP contribution in [0.1, 0.15) is 31.7 Å². The van der Waals surface area contributed by atoms with Crippen molar-refractivity contribution in [2.24, 2.45) is 0 Å². The minimum atomic E-state index is -0.165. The molecule has 0 fully saturated rings. The Labute approximate surface area is 165 Å². The number of amides is 1. The summed E-state index contributed by atoms with van der Waals surface area (Å²) in [7, 11) is 0. The number of rotatable bonds is 4. The Morgan fingerprint density at radius 3 is 2.64 bits per heavy atom. The van der Waals surface area contributed by atoms with Crippen LogP contribution < -0.4 is 15.0 Å². The molecular formula is C22H19N3O2S. The third-order valence-electron chi connectivity index (χ3n) is 5.26. The summed E-state index contributed by atoms with van der Waals surface area (Å²) < 4.78 is 2.10. The second-order valence-electron chi connectivity index (χ2n) is 7.01. The molecule has 1 aliphatic heterocycles. The zero-order valence-electron chi connectivity index (χ0n) is 15.5. The van der Waals surface area contributed by atoms with Crippen LogP contribution in [0.2, 0.25) is 0 Å². The smallest absolute Gasteiger partial charge is 0.275 e. The number of anilines is 1. The first kappa shape index (κ1) is 17.1. The zero-order valence-corrected chi connectivity index (χ0v) is 16.3. The van der Waals surface area contributed by atoms with Crippen LogP contribution in [0.3, 0.4) is 0 Å². The van der Waals surface area contributed by atoms with Crippen LogP contribution in [-0.2, 0) is 4.79 Å². The zero-order chi connectivity index (χ0) is 19.3. The molecule has 28 heavy (non-hydrogen) atoms. The molecule has 4 aromatic rings. The van der Waals surface area contributed by atoms with Crippen molar-refractivity contribution in [3.63, 3.8) is 0 Å². The summed E-state index contributed by atoms with van der Waals surface area (Å²) in [4.78, 5) is 33.6. The molecule has 1 amide bonds. The summed E-state index contributed by atoms with van der Waals surface area (Å²) in [6.07, 6.45) is 3.12. The average molecular weight is 389 g/mol. The van der Waals surface area contributed by atoms with Gasteiger partial charge in [-0.3, -0.25) is 9.59 Å². The number of carbonyl (C=O) groups is 1. The Morgan fingerprint density at radius 2 is 1.79 bits per heavy atom. The summed E-state index contributed by atoms with van der Waals surface area (Å²) in [5.41, 5.74) is 3.66. The van der Waals surface area contributed by atoms with Gasteiger partial charge in [-0.25, -0.2) is 9.38 Å². The fraction of sp³-hybridized carbons (Fsp3) is 0.227. The number of para-hydroxylation sites is 3. The minimum absolute atomic E-state index is 0.0804. The van der Waals surface area contributed by atoms with E-state index in [2.05, 4.69) is 11.9 Å². The first-order valence-corrected chi connectivity index (χ1v) is 10.4. The number of unbranched alkanes of at least 4 members (excludes halogenated alkanes) is 2. The van der Waals surface area contributed by atoms with Crippen LogP contribution >= 0.6 is 11.3 Å². The van der Waals surface area contributed by atoms with E-state index in [1.807, 2.05) is 53.4 Å². The SMILES string of the molecule is CCCCCN1C(=O)/C(=c2/sc3nc4ccccc4n3c2=O)c2ccccc21. The van der Waals surface area contributed by atoms with Crippen molar-refractivity contribution < 1.29 is 4.79 Å². The van der Waals surface area contributed by atoms with Gasteiger partial charge in [0.15, 0.2) is 4.96 Å². The van der Waals surface area contributed by atoms with Gasteiger partial charge in [-0.2, -0.15) is 0 Å². The largest absolute Gasteiger partial charge is 0.308 e. The Balaban J connectivity index is 1.76. The van der Waals surface area contributed by atoms with Crippen molar-refractivity contribution in [2.45, 2.75) is 26.2 Å². The Kier molecular flexibility index (Phi) is 4.02. The van der Waals surface area contributed by atoms with Crippen LogP contribution in [0.15, 0.2) is 53.3 Å². The molecule has 0 bridgehead atoms. The predicted octanol–water partition coefficient (Wildman–Crippen LogP) is 3.36. The van der Waals surface area contributed by atoms with Gasteiger partial charge in [-0.05, 0) is 24.6 Å². The number of hydrogen-bond donors (Lipinski definition) is 0. The van der Waals surface area contributed by atoms with Gasteiger partial charge in [0.05, 0.1) is 22.3 Å². The molecule has 0 saturated heterocycles. The summed E-state index contributed by atoms with van der Waals surface area (Å²) in [5, 5.41) is 0. The van der Waals surface area contributed by atoms with Gasteiger partial charge in [-0.15, -0.1) is 0 Å². The first-order valence-electron chi connectivity index (χ1n) is 9.56.